The topological polar surface area (TPSA) is 105 Å². The maximum atomic E-state index is 11.1. The Morgan fingerprint density at radius 2 is 1.96 bits per heavy atom. The Balaban J connectivity index is 1.74. The number of nitrogens with one attached hydrogen (secondary N) is 1. The Morgan fingerprint density at radius 3 is 2.62 bits per heavy atom. The van der Waals surface area contributed by atoms with Crippen LogP contribution in [0, 0.1) is 6.92 Å². The number of aliphatic hydroxyl groups is 1. The van der Waals surface area contributed by atoms with Crippen molar-refractivity contribution in [3.8, 4) is 11.5 Å². The standard InChI is InChI=1S/C18H22N2O4/c1-12-2-4-13(5-3-12)17(22)11-20-8-9-24-14-6-7-16(21)15(10-14)18(19)23/h2-7,10,17,20-22H,8-9,11H2,1H3,(H2,19,23). The van der Waals surface area contributed by atoms with Gasteiger partial charge in [-0.05, 0) is 30.7 Å². The summed E-state index contributed by atoms with van der Waals surface area (Å²) < 4.78 is 5.49. The van der Waals surface area contributed by atoms with Gasteiger partial charge in [0.2, 0.25) is 0 Å². The lowest BCUT2D eigenvalue weighted by atomic mass is 10.1. The summed E-state index contributed by atoms with van der Waals surface area (Å²) in [5, 5.41) is 22.7. The summed E-state index contributed by atoms with van der Waals surface area (Å²) in [5.74, 6) is -0.436. The number of rotatable bonds is 8. The van der Waals surface area contributed by atoms with E-state index < -0.39 is 12.0 Å². The predicted molar refractivity (Wildman–Crippen MR) is 91.1 cm³/mol. The summed E-state index contributed by atoms with van der Waals surface area (Å²) >= 11 is 0. The lowest BCUT2D eigenvalue weighted by Gasteiger charge is -2.13. The fourth-order valence-electron chi connectivity index (χ4n) is 2.19. The second-order valence-corrected chi connectivity index (χ2v) is 5.52. The quantitative estimate of drug-likeness (QED) is 0.549. The molecule has 0 aliphatic carbocycles. The summed E-state index contributed by atoms with van der Waals surface area (Å²) in [6.45, 7) is 3.28. The molecule has 2 aromatic carbocycles. The summed E-state index contributed by atoms with van der Waals surface area (Å²) in [6.07, 6.45) is -0.583. The first-order chi connectivity index (χ1) is 11.5. The first-order valence-corrected chi connectivity index (χ1v) is 7.68. The summed E-state index contributed by atoms with van der Waals surface area (Å²) in [5.41, 5.74) is 7.20. The molecule has 0 heterocycles. The van der Waals surface area contributed by atoms with E-state index in [2.05, 4.69) is 5.32 Å². The van der Waals surface area contributed by atoms with Crippen LogP contribution in [0.3, 0.4) is 0 Å². The van der Waals surface area contributed by atoms with Crippen molar-refractivity contribution in [3.63, 3.8) is 0 Å². The number of primary amides is 1. The van der Waals surface area contributed by atoms with Crippen LogP contribution in [-0.2, 0) is 0 Å². The number of aromatic hydroxyl groups is 1. The predicted octanol–water partition coefficient (Wildman–Crippen LogP) is 1.50. The molecule has 1 unspecified atom stereocenters. The van der Waals surface area contributed by atoms with Gasteiger partial charge < -0.3 is 26.0 Å². The number of aryl methyl sites for hydroxylation is 1. The van der Waals surface area contributed by atoms with Crippen LogP contribution < -0.4 is 15.8 Å². The van der Waals surface area contributed by atoms with Gasteiger partial charge in [-0.25, -0.2) is 0 Å². The van der Waals surface area contributed by atoms with E-state index in [9.17, 15) is 15.0 Å². The van der Waals surface area contributed by atoms with Gasteiger partial charge in [-0.3, -0.25) is 4.79 Å². The van der Waals surface area contributed by atoms with Crippen LogP contribution >= 0.6 is 0 Å². The van der Waals surface area contributed by atoms with E-state index >= 15 is 0 Å². The number of hydrogen-bond acceptors (Lipinski definition) is 5. The molecule has 0 spiro atoms. The molecular formula is C18H22N2O4. The van der Waals surface area contributed by atoms with Crippen molar-refractivity contribution in [1.29, 1.82) is 0 Å². The van der Waals surface area contributed by atoms with Gasteiger partial charge in [0.05, 0.1) is 11.7 Å². The Kier molecular flexibility index (Phi) is 6.17. The minimum absolute atomic E-state index is 0.0234. The van der Waals surface area contributed by atoms with Crippen LogP contribution in [-0.4, -0.2) is 35.8 Å². The molecule has 0 radical (unpaired) electrons. The van der Waals surface area contributed by atoms with E-state index in [1.165, 1.54) is 12.1 Å². The number of carbonyl (C=O) groups is 1. The highest BCUT2D eigenvalue weighted by Gasteiger charge is 2.09. The van der Waals surface area contributed by atoms with Crippen molar-refractivity contribution in [1.82, 2.24) is 5.32 Å². The first-order valence-electron chi connectivity index (χ1n) is 7.68. The molecule has 5 N–H and O–H groups in total. The Hall–Kier alpha value is -2.57. The minimum atomic E-state index is -0.711. The highest BCUT2D eigenvalue weighted by atomic mass is 16.5. The molecular weight excluding hydrogens is 308 g/mol. The van der Waals surface area contributed by atoms with E-state index in [0.29, 0.717) is 25.4 Å². The zero-order valence-electron chi connectivity index (χ0n) is 13.5. The number of amides is 1. The van der Waals surface area contributed by atoms with Crippen LogP contribution in [0.1, 0.15) is 27.6 Å². The van der Waals surface area contributed by atoms with Crippen molar-refractivity contribution in [2.24, 2.45) is 5.73 Å². The second kappa shape index (κ2) is 8.33. The molecule has 1 amide bonds. The van der Waals surface area contributed by atoms with Crippen molar-refractivity contribution >= 4 is 5.91 Å². The number of carbonyl (C=O) groups excluding carboxylic acids is 1. The number of nitrogens with two attached hydrogens (primary N) is 1. The Labute approximate surface area is 140 Å². The molecule has 1 atom stereocenters. The molecule has 0 aromatic heterocycles. The Morgan fingerprint density at radius 1 is 1.25 bits per heavy atom. The van der Waals surface area contributed by atoms with Gasteiger partial charge in [0.15, 0.2) is 0 Å². The molecule has 0 bridgehead atoms. The SMILES string of the molecule is Cc1ccc(C(O)CNCCOc2ccc(O)c(C(N)=O)c2)cc1. The van der Waals surface area contributed by atoms with Gasteiger partial charge in [0.1, 0.15) is 18.1 Å². The number of hydrogen-bond donors (Lipinski definition) is 4. The lowest BCUT2D eigenvalue weighted by molar-refractivity contribution is 0.0997. The van der Waals surface area contributed by atoms with Gasteiger partial charge in [0.25, 0.3) is 5.91 Å². The van der Waals surface area contributed by atoms with E-state index in [-0.39, 0.29) is 11.3 Å². The van der Waals surface area contributed by atoms with E-state index in [1.807, 2.05) is 31.2 Å². The van der Waals surface area contributed by atoms with Crippen molar-refractivity contribution in [2.45, 2.75) is 13.0 Å². The summed E-state index contributed by atoms with van der Waals surface area (Å²) in [4.78, 5) is 11.1. The monoisotopic (exact) mass is 330 g/mol. The van der Waals surface area contributed by atoms with Crippen molar-refractivity contribution < 1.29 is 19.7 Å². The summed E-state index contributed by atoms with van der Waals surface area (Å²) in [6, 6.07) is 12.1. The molecule has 24 heavy (non-hydrogen) atoms. The maximum Gasteiger partial charge on any atom is 0.252 e. The van der Waals surface area contributed by atoms with Crippen LogP contribution in [0.15, 0.2) is 42.5 Å². The molecule has 0 aliphatic heterocycles. The summed E-state index contributed by atoms with van der Waals surface area (Å²) in [7, 11) is 0. The third-order valence-electron chi connectivity index (χ3n) is 3.58. The van der Waals surface area contributed by atoms with Crippen molar-refractivity contribution in [2.75, 3.05) is 19.7 Å². The molecule has 6 heteroatoms. The van der Waals surface area contributed by atoms with E-state index in [4.69, 9.17) is 10.5 Å². The average Bonchev–Trinajstić information content (AvgIpc) is 2.56. The normalized spacial score (nSPS) is 11.9. The minimum Gasteiger partial charge on any atom is -0.507 e. The molecule has 2 aromatic rings. The smallest absolute Gasteiger partial charge is 0.252 e. The number of ether oxygens (including phenoxy) is 1. The third-order valence-corrected chi connectivity index (χ3v) is 3.58. The van der Waals surface area contributed by atoms with Crippen LogP contribution in [0.4, 0.5) is 0 Å². The van der Waals surface area contributed by atoms with Crippen LogP contribution in [0.5, 0.6) is 11.5 Å². The largest absolute Gasteiger partial charge is 0.507 e. The second-order valence-electron chi connectivity index (χ2n) is 5.52. The highest BCUT2D eigenvalue weighted by molar-refractivity contribution is 5.95. The van der Waals surface area contributed by atoms with E-state index in [0.717, 1.165) is 11.1 Å². The molecule has 2 rings (SSSR count). The molecule has 128 valence electrons. The third kappa shape index (κ3) is 4.97. The molecule has 0 saturated carbocycles. The van der Waals surface area contributed by atoms with Gasteiger partial charge in [-0.1, -0.05) is 29.8 Å². The molecule has 0 fully saturated rings. The van der Waals surface area contributed by atoms with Crippen molar-refractivity contribution in [3.05, 3.63) is 59.2 Å². The zero-order valence-corrected chi connectivity index (χ0v) is 13.5. The van der Waals surface area contributed by atoms with Gasteiger partial charge in [-0.15, -0.1) is 0 Å². The zero-order chi connectivity index (χ0) is 17.5. The van der Waals surface area contributed by atoms with Gasteiger partial charge in [0, 0.05) is 13.1 Å². The average molecular weight is 330 g/mol. The van der Waals surface area contributed by atoms with Crippen LogP contribution in [0.2, 0.25) is 0 Å². The van der Waals surface area contributed by atoms with Gasteiger partial charge in [-0.2, -0.15) is 0 Å². The first kappa shape index (κ1) is 17.8. The molecule has 0 aliphatic rings. The van der Waals surface area contributed by atoms with Crippen LogP contribution in [0.25, 0.3) is 0 Å². The molecule has 0 saturated heterocycles. The highest BCUT2D eigenvalue weighted by Crippen LogP contribution is 2.22. The van der Waals surface area contributed by atoms with Gasteiger partial charge >= 0.3 is 0 Å². The fourth-order valence-corrected chi connectivity index (χ4v) is 2.19. The number of phenols is 1. The molecule has 6 nitrogen and oxygen atoms in total. The Bertz CT molecular complexity index is 686. The lowest BCUT2D eigenvalue weighted by Crippen LogP contribution is -2.26. The number of benzene rings is 2. The fraction of sp³-hybridized carbons (Fsp3) is 0.278. The number of aliphatic hydroxyl groups excluding tert-OH is 1. The van der Waals surface area contributed by atoms with E-state index in [1.54, 1.807) is 6.07 Å². The maximum absolute atomic E-state index is 11.1.